The molecule has 2 N–H and O–H groups in total. The predicted octanol–water partition coefficient (Wildman–Crippen LogP) is 3.52. The number of hydrogen-bond donors (Lipinski definition) is 2. The zero-order valence-corrected chi connectivity index (χ0v) is 18.1. The van der Waals surface area contributed by atoms with Gasteiger partial charge in [0.25, 0.3) is 0 Å². The molecule has 1 fully saturated rings. The third kappa shape index (κ3) is 6.61. The third-order valence-corrected chi connectivity index (χ3v) is 5.04. The van der Waals surface area contributed by atoms with E-state index in [9.17, 15) is 4.39 Å². The van der Waals surface area contributed by atoms with Gasteiger partial charge < -0.3 is 20.3 Å². The molecule has 7 heteroatoms. The lowest BCUT2D eigenvalue weighted by Crippen LogP contribution is -2.49. The second-order valence-corrected chi connectivity index (χ2v) is 7.70. The molecule has 1 saturated heterocycles. The Kier molecular flexibility index (Phi) is 7.88. The fourth-order valence-corrected chi connectivity index (χ4v) is 3.44. The van der Waals surface area contributed by atoms with Gasteiger partial charge in [-0.1, -0.05) is 12.1 Å². The van der Waals surface area contributed by atoms with Crippen molar-refractivity contribution in [2.24, 2.45) is 4.99 Å². The van der Waals surface area contributed by atoms with Gasteiger partial charge in [-0.05, 0) is 57.4 Å². The Morgan fingerprint density at radius 1 is 1.30 bits per heavy atom. The summed E-state index contributed by atoms with van der Waals surface area (Å²) < 4.78 is 19.1. The summed E-state index contributed by atoms with van der Waals surface area (Å²) in [5.74, 6) is 2.06. The van der Waals surface area contributed by atoms with E-state index >= 15 is 0 Å². The lowest BCUT2D eigenvalue weighted by Gasteiger charge is -2.34. The summed E-state index contributed by atoms with van der Waals surface area (Å²) in [5.41, 5.74) is 1.18. The number of anilines is 1. The van der Waals surface area contributed by atoms with Crippen molar-refractivity contribution in [3.63, 3.8) is 0 Å². The van der Waals surface area contributed by atoms with E-state index in [1.807, 2.05) is 13.1 Å². The minimum atomic E-state index is -0.301. The third-order valence-electron chi connectivity index (χ3n) is 5.04. The molecule has 3 rings (SSSR count). The van der Waals surface area contributed by atoms with Crippen LogP contribution in [-0.4, -0.2) is 49.3 Å². The number of ether oxygens (including phenoxy) is 1. The van der Waals surface area contributed by atoms with E-state index < -0.39 is 0 Å². The van der Waals surface area contributed by atoms with Crippen molar-refractivity contribution >= 4 is 11.8 Å². The molecule has 0 aliphatic carbocycles. The van der Waals surface area contributed by atoms with Crippen LogP contribution in [0.1, 0.15) is 32.3 Å². The second kappa shape index (κ2) is 10.8. The zero-order valence-electron chi connectivity index (χ0n) is 18.1. The molecule has 6 nitrogen and oxygen atoms in total. The number of pyridine rings is 1. The number of halogens is 1. The molecular formula is C23H32FN5O. The number of nitrogens with zero attached hydrogens (tertiary/aromatic N) is 3. The van der Waals surface area contributed by atoms with Gasteiger partial charge in [0.15, 0.2) is 5.96 Å². The Balaban J connectivity index is 1.49. The lowest BCUT2D eigenvalue weighted by atomic mass is 10.1. The van der Waals surface area contributed by atoms with Crippen molar-refractivity contribution in [3.8, 4) is 5.75 Å². The Hall–Kier alpha value is -2.83. The van der Waals surface area contributed by atoms with Crippen molar-refractivity contribution in [1.29, 1.82) is 0 Å². The van der Waals surface area contributed by atoms with Crippen LogP contribution in [-0.2, 0) is 0 Å². The monoisotopic (exact) mass is 413 g/mol. The van der Waals surface area contributed by atoms with Crippen molar-refractivity contribution < 1.29 is 9.13 Å². The zero-order chi connectivity index (χ0) is 21.3. The molecule has 2 aromatic rings. The summed E-state index contributed by atoms with van der Waals surface area (Å²) >= 11 is 0. The average molecular weight is 414 g/mol. The number of rotatable bonds is 7. The number of aromatic nitrogens is 1. The number of piperidine rings is 1. The first-order valence-corrected chi connectivity index (χ1v) is 10.7. The molecule has 1 aliphatic heterocycles. The fourth-order valence-electron chi connectivity index (χ4n) is 3.44. The standard InChI is InChI=1S/C23H32FN5O/c1-4-25-23(27-16-18(3)30-21-7-5-6-19(24)14-21)28-20-10-12-29(13-11-20)22-9-8-17(2)15-26-22/h5-9,14-15,18,20H,4,10-13,16H2,1-3H3,(H2,25,27,28). The number of nitrogens with one attached hydrogen (secondary N) is 2. The van der Waals surface area contributed by atoms with Gasteiger partial charge in [-0.15, -0.1) is 0 Å². The largest absolute Gasteiger partial charge is 0.489 e. The minimum absolute atomic E-state index is 0.156. The summed E-state index contributed by atoms with van der Waals surface area (Å²) in [6, 6.07) is 10.8. The van der Waals surface area contributed by atoms with Gasteiger partial charge in [0.05, 0.1) is 6.54 Å². The van der Waals surface area contributed by atoms with Crippen LogP contribution < -0.4 is 20.3 Å². The molecule has 1 unspecified atom stereocenters. The van der Waals surface area contributed by atoms with Crippen LogP contribution in [0.25, 0.3) is 0 Å². The van der Waals surface area contributed by atoms with Crippen LogP contribution in [0.3, 0.4) is 0 Å². The average Bonchev–Trinajstić information content (AvgIpc) is 2.73. The molecule has 1 aliphatic rings. The molecule has 30 heavy (non-hydrogen) atoms. The fraction of sp³-hybridized carbons (Fsp3) is 0.478. The topological polar surface area (TPSA) is 61.8 Å². The van der Waals surface area contributed by atoms with E-state index in [2.05, 4.69) is 51.5 Å². The number of aliphatic imine (C=N–C) groups is 1. The molecule has 0 bridgehead atoms. The van der Waals surface area contributed by atoms with Crippen LogP contribution in [0.5, 0.6) is 5.75 Å². The number of hydrogen-bond acceptors (Lipinski definition) is 4. The molecule has 1 aromatic carbocycles. The molecule has 1 atom stereocenters. The van der Waals surface area contributed by atoms with Gasteiger partial charge in [0.1, 0.15) is 23.5 Å². The van der Waals surface area contributed by atoms with Gasteiger partial charge in [0.2, 0.25) is 0 Å². The first kappa shape index (κ1) is 21.9. The van der Waals surface area contributed by atoms with Gasteiger partial charge >= 0.3 is 0 Å². The predicted molar refractivity (Wildman–Crippen MR) is 120 cm³/mol. The van der Waals surface area contributed by atoms with E-state index in [4.69, 9.17) is 4.74 Å². The van der Waals surface area contributed by atoms with Gasteiger partial charge in [-0.25, -0.2) is 14.4 Å². The Morgan fingerprint density at radius 3 is 2.77 bits per heavy atom. The smallest absolute Gasteiger partial charge is 0.191 e. The lowest BCUT2D eigenvalue weighted by molar-refractivity contribution is 0.229. The normalized spacial score (nSPS) is 16.3. The highest BCUT2D eigenvalue weighted by atomic mass is 19.1. The molecule has 0 radical (unpaired) electrons. The molecule has 0 saturated carbocycles. The van der Waals surface area contributed by atoms with Crippen LogP contribution >= 0.6 is 0 Å². The maximum atomic E-state index is 13.3. The molecule has 2 heterocycles. The molecule has 0 spiro atoms. The summed E-state index contributed by atoms with van der Waals surface area (Å²) in [6.07, 6.45) is 3.81. The summed E-state index contributed by atoms with van der Waals surface area (Å²) in [5, 5.41) is 6.85. The van der Waals surface area contributed by atoms with Crippen molar-refractivity contribution in [2.75, 3.05) is 31.1 Å². The van der Waals surface area contributed by atoms with Gasteiger partial charge in [0, 0.05) is 37.9 Å². The van der Waals surface area contributed by atoms with Crippen LogP contribution in [0, 0.1) is 12.7 Å². The maximum absolute atomic E-state index is 13.3. The van der Waals surface area contributed by atoms with Gasteiger partial charge in [-0.2, -0.15) is 0 Å². The summed E-state index contributed by atoms with van der Waals surface area (Å²) in [6.45, 7) is 9.24. The van der Waals surface area contributed by atoms with E-state index in [0.717, 1.165) is 44.3 Å². The Bertz CT molecular complexity index is 819. The van der Waals surface area contributed by atoms with Crippen molar-refractivity contribution in [2.45, 2.75) is 45.8 Å². The second-order valence-electron chi connectivity index (χ2n) is 7.70. The first-order chi connectivity index (χ1) is 14.5. The Morgan fingerprint density at radius 2 is 2.10 bits per heavy atom. The van der Waals surface area contributed by atoms with E-state index in [-0.39, 0.29) is 11.9 Å². The molecule has 1 aromatic heterocycles. The highest BCUT2D eigenvalue weighted by Crippen LogP contribution is 2.18. The summed E-state index contributed by atoms with van der Waals surface area (Å²) in [7, 11) is 0. The SMILES string of the molecule is CCNC(=NCC(C)Oc1cccc(F)c1)NC1CCN(c2ccc(C)cn2)CC1. The molecule has 162 valence electrons. The maximum Gasteiger partial charge on any atom is 0.191 e. The van der Waals surface area contributed by atoms with Crippen molar-refractivity contribution in [1.82, 2.24) is 15.6 Å². The van der Waals surface area contributed by atoms with E-state index in [1.54, 1.807) is 12.1 Å². The number of aryl methyl sites for hydroxylation is 1. The van der Waals surface area contributed by atoms with Crippen molar-refractivity contribution in [3.05, 3.63) is 54.0 Å². The molecular weight excluding hydrogens is 381 g/mol. The quantitative estimate of drug-likeness (QED) is 0.537. The highest BCUT2D eigenvalue weighted by Gasteiger charge is 2.21. The molecule has 0 amide bonds. The van der Waals surface area contributed by atoms with Crippen LogP contribution in [0.2, 0.25) is 0 Å². The number of guanidine groups is 1. The first-order valence-electron chi connectivity index (χ1n) is 10.7. The van der Waals surface area contributed by atoms with Crippen LogP contribution in [0.4, 0.5) is 10.2 Å². The Labute approximate surface area is 178 Å². The number of benzene rings is 1. The van der Waals surface area contributed by atoms with Gasteiger partial charge in [-0.3, -0.25) is 0 Å². The van der Waals surface area contributed by atoms with Crippen LogP contribution in [0.15, 0.2) is 47.6 Å². The highest BCUT2D eigenvalue weighted by molar-refractivity contribution is 5.80. The van der Waals surface area contributed by atoms with E-state index in [0.29, 0.717) is 18.3 Å². The van der Waals surface area contributed by atoms with E-state index in [1.165, 1.54) is 17.7 Å². The summed E-state index contributed by atoms with van der Waals surface area (Å²) in [4.78, 5) is 11.5. The minimum Gasteiger partial charge on any atom is -0.489 e.